The largest absolute Gasteiger partial charge is 0.490 e. The first kappa shape index (κ1) is 26.6. The van der Waals surface area contributed by atoms with Crippen LogP contribution in [-0.2, 0) is 22.4 Å². The van der Waals surface area contributed by atoms with E-state index >= 15 is 0 Å². The highest BCUT2D eigenvalue weighted by molar-refractivity contribution is 7.19. The highest BCUT2D eigenvalue weighted by Gasteiger charge is 2.33. The fraction of sp³-hybridized carbons (Fsp3) is 0.533. The molecule has 7 rings (SSSR count). The summed E-state index contributed by atoms with van der Waals surface area (Å²) in [6.07, 6.45) is 9.84. The molecule has 10 nitrogen and oxygen atoms in total. The van der Waals surface area contributed by atoms with Crippen LogP contribution in [0.4, 0.5) is 11.5 Å². The Morgan fingerprint density at radius 2 is 2.12 bits per heavy atom. The van der Waals surface area contributed by atoms with Crippen LogP contribution in [0.3, 0.4) is 0 Å². The number of morpholine rings is 1. The molecule has 1 aromatic carbocycles. The van der Waals surface area contributed by atoms with Crippen molar-refractivity contribution in [3.63, 3.8) is 0 Å². The number of carbonyl (C=O) groups is 1. The summed E-state index contributed by atoms with van der Waals surface area (Å²) in [5.41, 5.74) is 3.07. The van der Waals surface area contributed by atoms with E-state index in [2.05, 4.69) is 36.4 Å². The average molecular weight is 576 g/mol. The predicted octanol–water partition coefficient (Wildman–Crippen LogP) is 4.53. The first-order valence-electron chi connectivity index (χ1n) is 14.9. The summed E-state index contributed by atoms with van der Waals surface area (Å²) in [6, 6.07) is 4.09. The van der Waals surface area contributed by atoms with Crippen LogP contribution in [0.5, 0.6) is 5.75 Å². The Hall–Kier alpha value is -3.28. The number of thiophene rings is 1. The molecule has 3 aromatic heterocycles. The van der Waals surface area contributed by atoms with Gasteiger partial charge in [0.2, 0.25) is 5.91 Å². The maximum absolute atomic E-state index is 13.4. The molecule has 3 aliphatic rings. The van der Waals surface area contributed by atoms with Crippen LogP contribution in [0.1, 0.15) is 43.0 Å². The number of anilines is 2. The van der Waals surface area contributed by atoms with Crippen molar-refractivity contribution < 1.29 is 14.3 Å². The van der Waals surface area contributed by atoms with Crippen LogP contribution in [0.15, 0.2) is 24.7 Å². The van der Waals surface area contributed by atoms with E-state index in [0.29, 0.717) is 26.3 Å². The minimum atomic E-state index is 0.00800. The van der Waals surface area contributed by atoms with Crippen molar-refractivity contribution in [3.05, 3.63) is 35.1 Å². The highest BCUT2D eigenvalue weighted by Crippen LogP contribution is 2.42. The monoisotopic (exact) mass is 575 g/mol. The van der Waals surface area contributed by atoms with Crippen LogP contribution in [-0.4, -0.2) is 87.9 Å². The minimum Gasteiger partial charge on any atom is -0.490 e. The number of aromatic amines is 1. The fourth-order valence-corrected chi connectivity index (χ4v) is 7.74. The lowest BCUT2D eigenvalue weighted by Crippen LogP contribution is -2.47. The van der Waals surface area contributed by atoms with Crippen molar-refractivity contribution in [2.75, 3.05) is 51.3 Å². The molecule has 216 valence electrons. The molecular formula is C30H37N7O3S. The lowest BCUT2D eigenvalue weighted by atomic mass is 9.86. The summed E-state index contributed by atoms with van der Waals surface area (Å²) in [5.74, 6) is 1.82. The van der Waals surface area contributed by atoms with Crippen LogP contribution in [0, 0.1) is 5.92 Å². The van der Waals surface area contributed by atoms with Gasteiger partial charge in [-0.15, -0.1) is 11.3 Å². The number of piperidine rings is 1. The Labute approximate surface area is 243 Å². The third-order valence-electron chi connectivity index (χ3n) is 8.65. The first-order chi connectivity index (χ1) is 20.1. The minimum absolute atomic E-state index is 0.00800. The maximum Gasteiger partial charge on any atom is 0.226 e. The molecule has 2 fully saturated rings. The van der Waals surface area contributed by atoms with Crippen LogP contribution in [0.25, 0.3) is 21.1 Å². The molecule has 1 aliphatic carbocycles. The number of aromatic nitrogens is 4. The Kier molecular flexibility index (Phi) is 7.49. The Morgan fingerprint density at radius 1 is 1.22 bits per heavy atom. The summed E-state index contributed by atoms with van der Waals surface area (Å²) in [5, 5.41) is 13.0. The first-order valence-corrected chi connectivity index (χ1v) is 15.7. The Bertz CT molecular complexity index is 1550. The van der Waals surface area contributed by atoms with E-state index in [-0.39, 0.29) is 17.9 Å². The van der Waals surface area contributed by atoms with E-state index < -0.39 is 0 Å². The molecule has 11 heteroatoms. The lowest BCUT2D eigenvalue weighted by molar-refractivity contribution is -0.142. The van der Waals surface area contributed by atoms with Gasteiger partial charge in [0.25, 0.3) is 0 Å². The van der Waals surface area contributed by atoms with Gasteiger partial charge in [0.1, 0.15) is 29.3 Å². The predicted molar refractivity (Wildman–Crippen MR) is 160 cm³/mol. The van der Waals surface area contributed by atoms with Crippen LogP contribution in [0.2, 0.25) is 0 Å². The summed E-state index contributed by atoms with van der Waals surface area (Å²) >= 11 is 1.69. The van der Waals surface area contributed by atoms with Gasteiger partial charge in [-0.05, 0) is 63.7 Å². The molecule has 5 heterocycles. The highest BCUT2D eigenvalue weighted by atomic mass is 32.1. The normalized spacial score (nSPS) is 21.7. The Balaban J connectivity index is 1.13. The molecule has 41 heavy (non-hydrogen) atoms. The van der Waals surface area contributed by atoms with Gasteiger partial charge >= 0.3 is 0 Å². The number of nitrogens with zero attached hydrogens (tertiary/aromatic N) is 5. The van der Waals surface area contributed by atoms with Crippen molar-refractivity contribution in [2.24, 2.45) is 5.92 Å². The van der Waals surface area contributed by atoms with Crippen LogP contribution < -0.4 is 10.1 Å². The molecule has 4 aromatic rings. The van der Waals surface area contributed by atoms with E-state index in [4.69, 9.17) is 9.47 Å². The zero-order valence-corrected chi connectivity index (χ0v) is 24.3. The van der Waals surface area contributed by atoms with E-state index in [1.165, 1.54) is 29.7 Å². The van der Waals surface area contributed by atoms with Crippen molar-refractivity contribution in [3.8, 4) is 5.75 Å². The van der Waals surface area contributed by atoms with Gasteiger partial charge in [0.05, 0.1) is 35.5 Å². The zero-order chi connectivity index (χ0) is 27.8. The molecule has 0 radical (unpaired) electrons. The van der Waals surface area contributed by atoms with Gasteiger partial charge in [-0.3, -0.25) is 14.8 Å². The average Bonchev–Trinajstić information content (AvgIpc) is 3.61. The fourth-order valence-electron chi connectivity index (χ4n) is 6.48. The number of ether oxygens (including phenoxy) is 2. The van der Waals surface area contributed by atoms with Crippen molar-refractivity contribution in [1.82, 2.24) is 30.0 Å². The summed E-state index contributed by atoms with van der Waals surface area (Å²) in [7, 11) is 0. The number of carbonyl (C=O) groups excluding carboxylic acids is 1. The summed E-state index contributed by atoms with van der Waals surface area (Å²) in [4.78, 5) is 29.3. The van der Waals surface area contributed by atoms with E-state index in [0.717, 1.165) is 77.3 Å². The number of hydrogen-bond donors (Lipinski definition) is 2. The second-order valence-corrected chi connectivity index (χ2v) is 12.6. The second-order valence-electron chi connectivity index (χ2n) is 11.5. The van der Waals surface area contributed by atoms with E-state index in [1.807, 2.05) is 24.1 Å². The second kappa shape index (κ2) is 11.5. The molecule has 1 amide bonds. The number of amides is 1. The number of fused-ring (bicyclic) bond motifs is 4. The Morgan fingerprint density at radius 3 is 3.00 bits per heavy atom. The van der Waals surface area contributed by atoms with Crippen LogP contribution >= 0.6 is 11.3 Å². The molecule has 1 unspecified atom stereocenters. The third-order valence-corrected chi connectivity index (χ3v) is 9.82. The smallest absolute Gasteiger partial charge is 0.226 e. The van der Waals surface area contributed by atoms with Gasteiger partial charge in [-0.25, -0.2) is 9.97 Å². The molecule has 2 atom stereocenters. The maximum atomic E-state index is 13.4. The van der Waals surface area contributed by atoms with Gasteiger partial charge in [0, 0.05) is 41.9 Å². The van der Waals surface area contributed by atoms with Gasteiger partial charge in [-0.1, -0.05) is 6.42 Å². The molecule has 0 saturated carbocycles. The summed E-state index contributed by atoms with van der Waals surface area (Å²) < 4.78 is 12.0. The quantitative estimate of drug-likeness (QED) is 0.331. The van der Waals surface area contributed by atoms with Gasteiger partial charge in [0.15, 0.2) is 0 Å². The SMILES string of the molecule is CC1CN(C(=O)[C@H]2CCc3c(sc4ncnc(Nc5cc6cn[nH]c6cc5OCCN5CCCCC5)c34)C2)CCO1. The number of nitrogens with one attached hydrogen (secondary N) is 2. The number of rotatable bonds is 7. The van der Waals surface area contributed by atoms with E-state index in [9.17, 15) is 4.79 Å². The number of likely N-dealkylation sites (tertiary alicyclic amines) is 1. The lowest BCUT2D eigenvalue weighted by Gasteiger charge is -2.34. The molecular weight excluding hydrogens is 538 g/mol. The number of hydrogen-bond acceptors (Lipinski definition) is 9. The third kappa shape index (κ3) is 5.50. The molecule has 2 saturated heterocycles. The van der Waals surface area contributed by atoms with Crippen molar-refractivity contribution >= 4 is 49.9 Å². The van der Waals surface area contributed by atoms with Gasteiger partial charge < -0.3 is 19.7 Å². The number of benzene rings is 1. The molecule has 0 bridgehead atoms. The number of aryl methyl sites for hydroxylation is 1. The molecule has 0 spiro atoms. The molecule has 2 aliphatic heterocycles. The standard InChI is InChI=1S/C30H37N7O3S/c1-19-17-37(10-12-39-19)30(38)20-5-6-22-26(14-20)41-29-27(22)28(31-18-32-29)34-24-13-21-16-33-35-23(21)15-25(24)40-11-9-36-7-3-2-4-8-36/h13,15-16,18-20H,2-12,14,17H2,1H3,(H,33,35)(H,31,32,34)/t19?,20-/m0/s1. The molecule has 2 N–H and O–H groups in total. The van der Waals surface area contributed by atoms with Gasteiger partial charge in [-0.2, -0.15) is 5.10 Å². The topological polar surface area (TPSA) is 109 Å². The zero-order valence-electron chi connectivity index (χ0n) is 23.5. The summed E-state index contributed by atoms with van der Waals surface area (Å²) in [6.45, 7) is 7.85. The van der Waals surface area contributed by atoms with Crippen molar-refractivity contribution in [1.29, 1.82) is 0 Å². The van der Waals surface area contributed by atoms with Crippen molar-refractivity contribution in [2.45, 2.75) is 51.6 Å². The number of H-pyrrole nitrogens is 1. The van der Waals surface area contributed by atoms with E-state index in [1.54, 1.807) is 17.7 Å².